The van der Waals surface area contributed by atoms with E-state index in [-0.39, 0.29) is 16.1 Å². The third-order valence-corrected chi connectivity index (χ3v) is 6.21. The number of anilines is 2. The zero-order valence-corrected chi connectivity index (χ0v) is 17.8. The minimum Gasteiger partial charge on any atom is -0.322 e. The highest BCUT2D eigenvalue weighted by Crippen LogP contribution is 2.23. The first-order valence-corrected chi connectivity index (χ1v) is 10.8. The smallest absolute Gasteiger partial charge is 0.261 e. The van der Waals surface area contributed by atoms with Gasteiger partial charge in [-0.05, 0) is 73.5 Å². The standard InChI is InChI=1S/C21H19BrN2O3S/c1-14-7-10-17(13-15(14)2)23-21(25)19-5-3-4-6-20(19)24-28(26,27)18-11-8-16(22)9-12-18/h3-13,24H,1-2H3,(H,23,25). The lowest BCUT2D eigenvalue weighted by atomic mass is 10.1. The summed E-state index contributed by atoms with van der Waals surface area (Å²) in [4.78, 5) is 12.9. The van der Waals surface area contributed by atoms with E-state index >= 15 is 0 Å². The molecule has 0 aliphatic rings. The number of aryl methyl sites for hydroxylation is 2. The van der Waals surface area contributed by atoms with Crippen LogP contribution >= 0.6 is 15.9 Å². The van der Waals surface area contributed by atoms with Gasteiger partial charge in [-0.15, -0.1) is 0 Å². The van der Waals surface area contributed by atoms with Gasteiger partial charge in [0.2, 0.25) is 0 Å². The number of hydrogen-bond acceptors (Lipinski definition) is 3. The van der Waals surface area contributed by atoms with Crippen molar-refractivity contribution < 1.29 is 13.2 Å². The van der Waals surface area contributed by atoms with Crippen LogP contribution in [0.25, 0.3) is 0 Å². The van der Waals surface area contributed by atoms with Crippen molar-refractivity contribution in [3.63, 3.8) is 0 Å². The van der Waals surface area contributed by atoms with E-state index in [0.29, 0.717) is 5.69 Å². The molecule has 0 heterocycles. The Kier molecular flexibility index (Phi) is 5.86. The Morgan fingerprint density at radius 1 is 0.893 bits per heavy atom. The van der Waals surface area contributed by atoms with Gasteiger partial charge < -0.3 is 5.32 Å². The summed E-state index contributed by atoms with van der Waals surface area (Å²) in [6.07, 6.45) is 0. The minimum absolute atomic E-state index is 0.111. The van der Waals surface area contributed by atoms with E-state index in [9.17, 15) is 13.2 Å². The molecule has 2 N–H and O–H groups in total. The number of benzene rings is 3. The van der Waals surface area contributed by atoms with Gasteiger partial charge in [-0.3, -0.25) is 9.52 Å². The maximum Gasteiger partial charge on any atom is 0.261 e. The third kappa shape index (κ3) is 4.61. The van der Waals surface area contributed by atoms with E-state index in [1.54, 1.807) is 36.4 Å². The van der Waals surface area contributed by atoms with Crippen molar-refractivity contribution in [2.45, 2.75) is 18.7 Å². The highest BCUT2D eigenvalue weighted by Gasteiger charge is 2.18. The number of rotatable bonds is 5. The van der Waals surface area contributed by atoms with Gasteiger partial charge in [-0.25, -0.2) is 8.42 Å². The predicted molar refractivity (Wildman–Crippen MR) is 115 cm³/mol. The van der Waals surface area contributed by atoms with Crippen LogP contribution in [0.5, 0.6) is 0 Å². The van der Waals surface area contributed by atoms with Gasteiger partial charge in [0.15, 0.2) is 0 Å². The van der Waals surface area contributed by atoms with E-state index in [1.165, 1.54) is 12.1 Å². The van der Waals surface area contributed by atoms with Crippen molar-refractivity contribution >= 4 is 43.2 Å². The molecule has 1 amide bonds. The molecule has 0 unspecified atom stereocenters. The summed E-state index contributed by atoms with van der Waals surface area (Å²) >= 11 is 3.28. The molecular formula is C21H19BrN2O3S. The highest BCUT2D eigenvalue weighted by molar-refractivity contribution is 9.10. The molecule has 5 nitrogen and oxygen atoms in total. The fourth-order valence-corrected chi connectivity index (χ4v) is 3.95. The van der Waals surface area contributed by atoms with Crippen LogP contribution in [0.4, 0.5) is 11.4 Å². The van der Waals surface area contributed by atoms with Gasteiger partial charge in [-0.2, -0.15) is 0 Å². The summed E-state index contributed by atoms with van der Waals surface area (Å²) < 4.78 is 28.6. The molecule has 0 radical (unpaired) electrons. The monoisotopic (exact) mass is 458 g/mol. The number of sulfonamides is 1. The number of hydrogen-bond donors (Lipinski definition) is 2. The number of carbonyl (C=O) groups excluding carboxylic acids is 1. The summed E-state index contributed by atoms with van der Waals surface area (Å²) in [5.41, 5.74) is 3.29. The molecule has 3 aromatic rings. The molecule has 0 spiro atoms. The van der Waals surface area contributed by atoms with Crippen molar-refractivity contribution in [3.05, 3.63) is 87.9 Å². The summed E-state index contributed by atoms with van der Waals surface area (Å²) in [5, 5.41) is 2.82. The molecule has 144 valence electrons. The lowest BCUT2D eigenvalue weighted by Crippen LogP contribution is -2.18. The van der Waals surface area contributed by atoms with Crippen LogP contribution in [0.3, 0.4) is 0 Å². The normalized spacial score (nSPS) is 11.1. The van der Waals surface area contributed by atoms with Crippen LogP contribution in [0.2, 0.25) is 0 Å². The zero-order valence-electron chi connectivity index (χ0n) is 15.4. The van der Waals surface area contributed by atoms with E-state index in [4.69, 9.17) is 0 Å². The molecule has 0 atom stereocenters. The van der Waals surface area contributed by atoms with Crippen molar-refractivity contribution in [3.8, 4) is 0 Å². The third-order valence-electron chi connectivity index (χ3n) is 4.30. The molecule has 3 aromatic carbocycles. The van der Waals surface area contributed by atoms with Crippen molar-refractivity contribution in [1.82, 2.24) is 0 Å². The van der Waals surface area contributed by atoms with Crippen LogP contribution in [0, 0.1) is 13.8 Å². The Labute approximate surface area is 173 Å². The second-order valence-corrected chi connectivity index (χ2v) is 8.96. The number of amides is 1. The van der Waals surface area contributed by atoms with Crippen LogP contribution in [0.1, 0.15) is 21.5 Å². The van der Waals surface area contributed by atoms with Crippen LogP contribution in [-0.2, 0) is 10.0 Å². The fourth-order valence-electron chi connectivity index (χ4n) is 2.61. The van der Waals surface area contributed by atoms with Gasteiger partial charge in [0.1, 0.15) is 0 Å². The number of para-hydroxylation sites is 1. The predicted octanol–water partition coefficient (Wildman–Crippen LogP) is 5.12. The molecule has 0 aliphatic heterocycles. The Bertz CT molecular complexity index is 1130. The Hall–Kier alpha value is -2.64. The Balaban J connectivity index is 1.87. The molecule has 0 fully saturated rings. The first kappa shape index (κ1) is 20.1. The SMILES string of the molecule is Cc1ccc(NC(=O)c2ccccc2NS(=O)(=O)c2ccc(Br)cc2)cc1C. The number of carbonyl (C=O) groups is 1. The molecule has 28 heavy (non-hydrogen) atoms. The largest absolute Gasteiger partial charge is 0.322 e. The summed E-state index contributed by atoms with van der Waals surface area (Å²) in [6.45, 7) is 3.96. The van der Waals surface area contributed by atoms with Crippen molar-refractivity contribution in [2.24, 2.45) is 0 Å². The first-order valence-electron chi connectivity index (χ1n) is 8.52. The molecule has 7 heteroatoms. The fraction of sp³-hybridized carbons (Fsp3) is 0.0952. The minimum atomic E-state index is -3.82. The maximum atomic E-state index is 12.7. The lowest BCUT2D eigenvalue weighted by Gasteiger charge is -2.13. The van der Waals surface area contributed by atoms with Crippen LogP contribution in [-0.4, -0.2) is 14.3 Å². The summed E-state index contributed by atoms with van der Waals surface area (Å²) in [5.74, 6) is -0.391. The van der Waals surface area contributed by atoms with Crippen LogP contribution in [0.15, 0.2) is 76.1 Å². The molecule has 0 bridgehead atoms. The van der Waals surface area contributed by atoms with Gasteiger partial charge in [0.25, 0.3) is 15.9 Å². The van der Waals surface area contributed by atoms with E-state index in [1.807, 2.05) is 32.0 Å². The quantitative estimate of drug-likeness (QED) is 0.556. The second kappa shape index (κ2) is 8.16. The van der Waals surface area contributed by atoms with Gasteiger partial charge in [0.05, 0.1) is 16.1 Å². The van der Waals surface area contributed by atoms with Crippen molar-refractivity contribution in [1.29, 1.82) is 0 Å². The molecule has 0 saturated carbocycles. The Morgan fingerprint density at radius 3 is 2.25 bits per heavy atom. The molecule has 0 aromatic heterocycles. The molecule has 0 aliphatic carbocycles. The maximum absolute atomic E-state index is 12.7. The number of halogens is 1. The Morgan fingerprint density at radius 2 is 1.57 bits per heavy atom. The molecular weight excluding hydrogens is 440 g/mol. The lowest BCUT2D eigenvalue weighted by molar-refractivity contribution is 0.102. The van der Waals surface area contributed by atoms with Gasteiger partial charge >= 0.3 is 0 Å². The van der Waals surface area contributed by atoms with E-state index < -0.39 is 15.9 Å². The summed E-state index contributed by atoms with van der Waals surface area (Å²) in [6, 6.07) is 18.4. The van der Waals surface area contributed by atoms with E-state index in [0.717, 1.165) is 15.6 Å². The number of nitrogens with one attached hydrogen (secondary N) is 2. The van der Waals surface area contributed by atoms with Crippen molar-refractivity contribution in [2.75, 3.05) is 10.0 Å². The average molecular weight is 459 g/mol. The zero-order chi connectivity index (χ0) is 20.3. The topological polar surface area (TPSA) is 75.3 Å². The second-order valence-electron chi connectivity index (χ2n) is 6.36. The average Bonchev–Trinajstić information content (AvgIpc) is 2.65. The van der Waals surface area contributed by atoms with E-state index in [2.05, 4.69) is 26.0 Å². The molecule has 3 rings (SSSR count). The van der Waals surface area contributed by atoms with Crippen LogP contribution < -0.4 is 10.0 Å². The highest BCUT2D eigenvalue weighted by atomic mass is 79.9. The first-order chi connectivity index (χ1) is 13.3. The van der Waals surface area contributed by atoms with Gasteiger partial charge in [0, 0.05) is 10.2 Å². The van der Waals surface area contributed by atoms with Gasteiger partial charge in [-0.1, -0.05) is 34.1 Å². The summed E-state index contributed by atoms with van der Waals surface area (Å²) in [7, 11) is -3.82. The molecule has 0 saturated heterocycles.